The van der Waals surface area contributed by atoms with Crippen LogP contribution >= 0.6 is 11.3 Å². The minimum absolute atomic E-state index is 0.0338. The number of hydrogen-bond acceptors (Lipinski definition) is 3. The van der Waals surface area contributed by atoms with Crippen molar-refractivity contribution in [3.05, 3.63) is 21.9 Å². The maximum Gasteiger partial charge on any atom is 0.180 e. The third-order valence-corrected chi connectivity index (χ3v) is 4.63. The predicted molar refractivity (Wildman–Crippen MR) is 63.3 cm³/mol. The van der Waals surface area contributed by atoms with E-state index in [1.165, 1.54) is 11.3 Å². The number of Topliss-reactive ketones (excluding diaryl/α,β-unsaturated/α-hetero) is 1. The summed E-state index contributed by atoms with van der Waals surface area (Å²) in [5.74, 6) is 0.250. The molecule has 1 aliphatic carbocycles. The van der Waals surface area contributed by atoms with Gasteiger partial charge in [0, 0.05) is 11.5 Å². The third-order valence-electron chi connectivity index (χ3n) is 3.62. The Bertz CT molecular complexity index is 385. The molecule has 0 aliphatic heterocycles. The first-order valence-corrected chi connectivity index (χ1v) is 6.28. The van der Waals surface area contributed by atoms with E-state index in [1.54, 1.807) is 0 Å². The number of thiophene rings is 1. The Balaban J connectivity index is 2.32. The number of aryl methyl sites for hydroxylation is 1. The van der Waals surface area contributed by atoms with Crippen molar-refractivity contribution in [1.82, 2.24) is 0 Å². The second-order valence-electron chi connectivity index (χ2n) is 4.68. The van der Waals surface area contributed by atoms with Crippen LogP contribution in [0, 0.1) is 12.3 Å². The number of nitrogens with two attached hydrogens (primary N) is 1. The molecular formula is C12H17NOS. The van der Waals surface area contributed by atoms with Crippen LogP contribution in [-0.2, 0) is 0 Å². The first-order chi connectivity index (χ1) is 7.05. The molecule has 2 unspecified atom stereocenters. The lowest BCUT2D eigenvalue weighted by molar-refractivity contribution is 0.0806. The Morgan fingerprint density at radius 2 is 2.40 bits per heavy atom. The summed E-state index contributed by atoms with van der Waals surface area (Å²) in [5.41, 5.74) is 6.82. The van der Waals surface area contributed by atoms with Gasteiger partial charge in [-0.25, -0.2) is 0 Å². The Hall–Kier alpha value is -0.670. The van der Waals surface area contributed by atoms with Crippen LogP contribution in [0.25, 0.3) is 0 Å². The zero-order valence-corrected chi connectivity index (χ0v) is 10.1. The van der Waals surface area contributed by atoms with Crippen molar-refractivity contribution in [2.75, 3.05) is 0 Å². The Labute approximate surface area is 94.5 Å². The highest BCUT2D eigenvalue weighted by atomic mass is 32.1. The molecule has 0 saturated heterocycles. The lowest BCUT2D eigenvalue weighted by atomic mass is 9.79. The number of carbonyl (C=O) groups excluding carboxylic acids is 1. The summed E-state index contributed by atoms with van der Waals surface area (Å²) >= 11 is 1.54. The first kappa shape index (κ1) is 10.8. The molecule has 1 aromatic rings. The van der Waals surface area contributed by atoms with Crippen LogP contribution < -0.4 is 5.73 Å². The highest BCUT2D eigenvalue weighted by Gasteiger charge is 2.43. The van der Waals surface area contributed by atoms with E-state index >= 15 is 0 Å². The van der Waals surface area contributed by atoms with Crippen LogP contribution in [0.1, 0.15) is 41.4 Å². The van der Waals surface area contributed by atoms with Gasteiger partial charge in [0.05, 0.1) is 4.88 Å². The van der Waals surface area contributed by atoms with Crippen molar-refractivity contribution in [3.63, 3.8) is 0 Å². The molecule has 1 fully saturated rings. The van der Waals surface area contributed by atoms with Gasteiger partial charge >= 0.3 is 0 Å². The van der Waals surface area contributed by atoms with Gasteiger partial charge in [0.2, 0.25) is 0 Å². The molecule has 0 spiro atoms. The van der Waals surface area contributed by atoms with Gasteiger partial charge in [-0.2, -0.15) is 0 Å². The van der Waals surface area contributed by atoms with Gasteiger partial charge < -0.3 is 5.73 Å². The molecule has 1 saturated carbocycles. The predicted octanol–water partition coefficient (Wildman–Crippen LogP) is 2.76. The van der Waals surface area contributed by atoms with E-state index in [4.69, 9.17) is 5.73 Å². The number of hydrogen-bond donors (Lipinski definition) is 1. The lowest BCUT2D eigenvalue weighted by Crippen LogP contribution is -2.41. The Morgan fingerprint density at radius 1 is 1.67 bits per heavy atom. The third kappa shape index (κ3) is 1.64. The molecule has 1 aromatic heterocycles. The molecule has 3 heteroatoms. The molecule has 0 amide bonds. The van der Waals surface area contributed by atoms with Crippen molar-refractivity contribution >= 4 is 17.1 Å². The van der Waals surface area contributed by atoms with Gasteiger partial charge in [0.15, 0.2) is 5.78 Å². The standard InChI is InChI=1S/C12H17NOS/c1-8-5-7-15-10(8)11(14)12(2)6-3-4-9(12)13/h5,7,9H,3-4,6,13H2,1-2H3. The minimum atomic E-state index is -0.324. The molecule has 0 radical (unpaired) electrons. The lowest BCUT2D eigenvalue weighted by Gasteiger charge is -2.26. The zero-order valence-electron chi connectivity index (χ0n) is 9.25. The van der Waals surface area contributed by atoms with Crippen molar-refractivity contribution in [2.24, 2.45) is 11.1 Å². The summed E-state index contributed by atoms with van der Waals surface area (Å²) in [5, 5.41) is 1.98. The zero-order chi connectivity index (χ0) is 11.1. The number of ketones is 1. The van der Waals surface area contributed by atoms with E-state index in [-0.39, 0.29) is 17.2 Å². The topological polar surface area (TPSA) is 43.1 Å². The molecular weight excluding hydrogens is 206 g/mol. The number of rotatable bonds is 2. The van der Waals surface area contributed by atoms with Crippen LogP contribution in [0.5, 0.6) is 0 Å². The average molecular weight is 223 g/mol. The van der Waals surface area contributed by atoms with Crippen LogP contribution in [0.4, 0.5) is 0 Å². The SMILES string of the molecule is Cc1ccsc1C(=O)C1(C)CCCC1N. The summed E-state index contributed by atoms with van der Waals surface area (Å²) in [4.78, 5) is 13.3. The van der Waals surface area contributed by atoms with E-state index in [0.717, 1.165) is 29.7 Å². The largest absolute Gasteiger partial charge is 0.327 e. The summed E-state index contributed by atoms with van der Waals surface area (Å²) in [6.07, 6.45) is 2.99. The van der Waals surface area contributed by atoms with E-state index in [2.05, 4.69) is 0 Å². The Kier molecular flexibility index (Phi) is 2.69. The average Bonchev–Trinajstić information content (AvgIpc) is 2.75. The fourth-order valence-corrected chi connectivity index (χ4v) is 3.34. The first-order valence-electron chi connectivity index (χ1n) is 5.40. The molecule has 2 atom stereocenters. The minimum Gasteiger partial charge on any atom is -0.327 e. The van der Waals surface area contributed by atoms with Crippen LogP contribution in [0.15, 0.2) is 11.4 Å². The molecule has 2 N–H and O–H groups in total. The fraction of sp³-hybridized carbons (Fsp3) is 0.583. The van der Waals surface area contributed by atoms with Crippen LogP contribution in [0.3, 0.4) is 0 Å². The molecule has 1 heterocycles. The molecule has 2 rings (SSSR count). The van der Waals surface area contributed by atoms with Gasteiger partial charge in [-0.15, -0.1) is 11.3 Å². The maximum atomic E-state index is 12.4. The van der Waals surface area contributed by atoms with Gasteiger partial charge in [-0.05, 0) is 36.8 Å². The van der Waals surface area contributed by atoms with Gasteiger partial charge in [0.1, 0.15) is 0 Å². The van der Waals surface area contributed by atoms with Crippen molar-refractivity contribution < 1.29 is 4.79 Å². The summed E-state index contributed by atoms with van der Waals surface area (Å²) < 4.78 is 0. The summed E-state index contributed by atoms with van der Waals surface area (Å²) in [7, 11) is 0. The quantitative estimate of drug-likeness (QED) is 0.783. The van der Waals surface area contributed by atoms with Gasteiger partial charge in [-0.1, -0.05) is 13.3 Å². The van der Waals surface area contributed by atoms with E-state index < -0.39 is 0 Å². The normalized spacial score (nSPS) is 30.7. The summed E-state index contributed by atoms with van der Waals surface area (Å²) in [6.45, 7) is 4.01. The van der Waals surface area contributed by atoms with Crippen molar-refractivity contribution in [2.45, 2.75) is 39.2 Å². The van der Waals surface area contributed by atoms with Crippen molar-refractivity contribution in [3.8, 4) is 0 Å². The fourth-order valence-electron chi connectivity index (χ4n) is 2.34. The number of carbonyl (C=O) groups is 1. The van der Waals surface area contributed by atoms with Crippen LogP contribution in [-0.4, -0.2) is 11.8 Å². The maximum absolute atomic E-state index is 12.4. The Morgan fingerprint density at radius 3 is 2.87 bits per heavy atom. The monoisotopic (exact) mass is 223 g/mol. The molecule has 1 aliphatic rings. The van der Waals surface area contributed by atoms with E-state index in [9.17, 15) is 4.79 Å². The summed E-state index contributed by atoms with van der Waals surface area (Å²) in [6, 6.07) is 2.04. The second kappa shape index (κ2) is 3.72. The molecule has 2 nitrogen and oxygen atoms in total. The highest BCUT2D eigenvalue weighted by molar-refractivity contribution is 7.12. The highest BCUT2D eigenvalue weighted by Crippen LogP contribution is 2.40. The molecule has 82 valence electrons. The second-order valence-corrected chi connectivity index (χ2v) is 5.59. The van der Waals surface area contributed by atoms with Gasteiger partial charge in [0.25, 0.3) is 0 Å². The van der Waals surface area contributed by atoms with E-state index in [1.807, 2.05) is 25.3 Å². The van der Waals surface area contributed by atoms with Crippen LogP contribution in [0.2, 0.25) is 0 Å². The smallest absolute Gasteiger partial charge is 0.180 e. The van der Waals surface area contributed by atoms with Gasteiger partial charge in [-0.3, -0.25) is 4.79 Å². The molecule has 0 aromatic carbocycles. The van der Waals surface area contributed by atoms with E-state index in [0.29, 0.717) is 0 Å². The van der Waals surface area contributed by atoms with Crippen molar-refractivity contribution in [1.29, 1.82) is 0 Å². The molecule has 0 bridgehead atoms. The molecule has 15 heavy (non-hydrogen) atoms.